The average molecular weight is 450 g/mol. The molecule has 1 aromatic carbocycles. The largest absolute Gasteiger partial charge is 0.344 e. The van der Waals surface area contributed by atoms with Gasteiger partial charge in [-0.25, -0.2) is 13.2 Å². The van der Waals surface area contributed by atoms with E-state index in [9.17, 15) is 22.8 Å². The maximum atomic E-state index is 12.9. The van der Waals surface area contributed by atoms with Crippen molar-refractivity contribution in [1.29, 1.82) is 0 Å². The van der Waals surface area contributed by atoms with Crippen molar-refractivity contribution in [2.45, 2.75) is 24.9 Å². The van der Waals surface area contributed by atoms with Gasteiger partial charge in [0.25, 0.3) is 11.8 Å². The highest BCUT2D eigenvalue weighted by molar-refractivity contribution is 7.91. The van der Waals surface area contributed by atoms with Crippen LogP contribution in [0.2, 0.25) is 0 Å². The second-order valence-corrected chi connectivity index (χ2v) is 10.7. The Morgan fingerprint density at radius 1 is 1.16 bits per heavy atom. The van der Waals surface area contributed by atoms with Gasteiger partial charge in [-0.3, -0.25) is 24.8 Å². The van der Waals surface area contributed by atoms with Gasteiger partial charge in [-0.05, 0) is 18.9 Å². The molecule has 11 heteroatoms. The zero-order valence-electron chi connectivity index (χ0n) is 17.4. The zero-order chi connectivity index (χ0) is 22.2. The quantitative estimate of drug-likeness (QED) is 0.570. The van der Waals surface area contributed by atoms with E-state index in [1.54, 1.807) is 31.2 Å². The molecular formula is C20H27N5O5S. The molecule has 3 aliphatic rings. The molecule has 31 heavy (non-hydrogen) atoms. The van der Waals surface area contributed by atoms with E-state index in [4.69, 9.17) is 0 Å². The Balaban J connectivity index is 1.29. The summed E-state index contributed by atoms with van der Waals surface area (Å²) in [5.74, 6) is -0.532. The van der Waals surface area contributed by atoms with Crippen LogP contribution in [0.3, 0.4) is 0 Å². The number of sulfone groups is 1. The molecule has 0 spiro atoms. The third-order valence-electron chi connectivity index (χ3n) is 6.28. The van der Waals surface area contributed by atoms with E-state index in [2.05, 4.69) is 15.6 Å². The van der Waals surface area contributed by atoms with E-state index in [1.165, 1.54) is 0 Å². The summed E-state index contributed by atoms with van der Waals surface area (Å²) >= 11 is 0. The minimum atomic E-state index is -2.93. The lowest BCUT2D eigenvalue weighted by Gasteiger charge is -2.37. The molecule has 2 N–H and O–H groups in total. The Labute approximate surface area is 181 Å². The van der Waals surface area contributed by atoms with Gasteiger partial charge < -0.3 is 5.32 Å². The molecule has 168 valence electrons. The molecule has 4 rings (SSSR count). The van der Waals surface area contributed by atoms with Crippen LogP contribution in [0, 0.1) is 0 Å². The lowest BCUT2D eigenvalue weighted by atomic mass is 9.92. The van der Waals surface area contributed by atoms with Crippen LogP contribution < -0.4 is 10.7 Å². The second-order valence-electron chi connectivity index (χ2n) is 8.47. The monoisotopic (exact) mass is 449 g/mol. The number of rotatable bonds is 5. The number of imide groups is 1. The van der Waals surface area contributed by atoms with Crippen LogP contribution in [-0.2, 0) is 25.0 Å². The van der Waals surface area contributed by atoms with Crippen LogP contribution in [0.15, 0.2) is 30.3 Å². The summed E-state index contributed by atoms with van der Waals surface area (Å²) in [6, 6.07) is 8.26. The fourth-order valence-electron chi connectivity index (χ4n) is 4.42. The predicted octanol–water partition coefficient (Wildman–Crippen LogP) is -0.710. The highest BCUT2D eigenvalue weighted by Crippen LogP contribution is 2.27. The van der Waals surface area contributed by atoms with E-state index in [0.29, 0.717) is 38.2 Å². The average Bonchev–Trinajstić information content (AvgIpc) is 3.21. The third kappa shape index (κ3) is 4.43. The van der Waals surface area contributed by atoms with Crippen molar-refractivity contribution in [2.24, 2.45) is 0 Å². The number of piperazine rings is 1. The van der Waals surface area contributed by atoms with Gasteiger partial charge in [0.2, 0.25) is 0 Å². The maximum absolute atomic E-state index is 12.9. The van der Waals surface area contributed by atoms with Gasteiger partial charge in [-0.2, -0.15) is 5.01 Å². The van der Waals surface area contributed by atoms with Crippen LogP contribution in [0.5, 0.6) is 0 Å². The number of carbonyl (C=O) groups excluding carboxylic acids is 3. The van der Waals surface area contributed by atoms with Crippen molar-refractivity contribution in [1.82, 2.24) is 25.6 Å². The number of hydrogen-bond acceptors (Lipinski definition) is 7. The first kappa shape index (κ1) is 21.7. The molecule has 4 amide bonds. The lowest BCUT2D eigenvalue weighted by Crippen LogP contribution is -2.55. The molecule has 0 radical (unpaired) electrons. The third-order valence-corrected chi connectivity index (χ3v) is 8.03. The van der Waals surface area contributed by atoms with Crippen LogP contribution >= 0.6 is 0 Å². The van der Waals surface area contributed by atoms with E-state index in [0.717, 1.165) is 5.01 Å². The topological polar surface area (TPSA) is 119 Å². The van der Waals surface area contributed by atoms with E-state index < -0.39 is 33.2 Å². The molecule has 0 aliphatic carbocycles. The van der Waals surface area contributed by atoms with Gasteiger partial charge in [0.1, 0.15) is 5.54 Å². The molecule has 3 heterocycles. The Bertz CT molecular complexity index is 977. The first-order valence-electron chi connectivity index (χ1n) is 10.4. The van der Waals surface area contributed by atoms with Crippen molar-refractivity contribution < 1.29 is 22.8 Å². The van der Waals surface area contributed by atoms with E-state index in [-0.39, 0.29) is 24.1 Å². The maximum Gasteiger partial charge on any atom is 0.344 e. The summed E-state index contributed by atoms with van der Waals surface area (Å²) in [6.07, 6.45) is 0.662. The number of nitrogens with zero attached hydrogens (tertiary/aromatic N) is 3. The molecule has 0 bridgehead atoms. The van der Waals surface area contributed by atoms with Gasteiger partial charge >= 0.3 is 6.03 Å². The minimum Gasteiger partial charge on any atom is -0.318 e. The number of hydrogen-bond donors (Lipinski definition) is 2. The summed E-state index contributed by atoms with van der Waals surface area (Å²) < 4.78 is 23.4. The highest BCUT2D eigenvalue weighted by Gasteiger charge is 2.50. The van der Waals surface area contributed by atoms with Crippen LogP contribution in [-0.4, -0.2) is 91.3 Å². The number of carbonyl (C=O) groups is 3. The molecule has 3 fully saturated rings. The minimum absolute atomic E-state index is 0.0515. The molecular weight excluding hydrogens is 422 g/mol. The predicted molar refractivity (Wildman–Crippen MR) is 112 cm³/mol. The molecule has 3 saturated heterocycles. The first-order chi connectivity index (χ1) is 14.7. The summed E-state index contributed by atoms with van der Waals surface area (Å²) in [5, 5.41) is 3.40. The summed E-state index contributed by atoms with van der Waals surface area (Å²) in [7, 11) is -2.93. The van der Waals surface area contributed by atoms with Gasteiger partial charge in [-0.1, -0.05) is 30.3 Å². The van der Waals surface area contributed by atoms with Crippen LogP contribution in [0.4, 0.5) is 4.79 Å². The van der Waals surface area contributed by atoms with Crippen molar-refractivity contribution in [2.75, 3.05) is 44.2 Å². The van der Waals surface area contributed by atoms with Crippen LogP contribution in [0.1, 0.15) is 18.9 Å². The highest BCUT2D eigenvalue weighted by atomic mass is 32.2. The summed E-state index contributed by atoms with van der Waals surface area (Å²) in [4.78, 5) is 41.8. The molecule has 0 saturated carbocycles. The van der Waals surface area contributed by atoms with Gasteiger partial charge in [-0.15, -0.1) is 0 Å². The fraction of sp³-hybridized carbons (Fsp3) is 0.550. The molecule has 0 aromatic heterocycles. The molecule has 2 atom stereocenters. The van der Waals surface area contributed by atoms with E-state index in [1.807, 2.05) is 11.0 Å². The van der Waals surface area contributed by atoms with Crippen molar-refractivity contribution in [3.8, 4) is 0 Å². The van der Waals surface area contributed by atoms with Crippen molar-refractivity contribution >= 4 is 27.7 Å². The first-order valence-corrected chi connectivity index (χ1v) is 12.2. The Morgan fingerprint density at radius 3 is 2.45 bits per heavy atom. The lowest BCUT2D eigenvalue weighted by molar-refractivity contribution is -0.139. The standard InChI is InChI=1S/C20H27N5O5S/c1-20(15-5-3-2-4-6-15)18(27)25(19(28)21-20)22-17(26)13-23-8-10-24(11-9-23)16-7-12-31(29,30)14-16/h2-6,16H,7-14H2,1H3,(H,21,28)(H,22,26)/t16-,20+/m1/s1. The number of hydrazine groups is 1. The number of urea groups is 1. The molecule has 0 unspecified atom stereocenters. The molecule has 1 aromatic rings. The second kappa shape index (κ2) is 8.21. The SMILES string of the molecule is C[C@@]1(c2ccccc2)NC(=O)N(NC(=O)CN2CCN([C@@H]3CCS(=O)(=O)C3)CC2)C1=O. The summed E-state index contributed by atoms with van der Waals surface area (Å²) in [5.41, 5.74) is 1.82. The summed E-state index contributed by atoms with van der Waals surface area (Å²) in [6.45, 7) is 4.26. The Kier molecular flexibility index (Phi) is 5.75. The fourth-order valence-corrected chi connectivity index (χ4v) is 6.18. The van der Waals surface area contributed by atoms with Crippen molar-refractivity contribution in [3.63, 3.8) is 0 Å². The van der Waals surface area contributed by atoms with Crippen LogP contribution in [0.25, 0.3) is 0 Å². The Morgan fingerprint density at radius 2 is 1.84 bits per heavy atom. The molecule has 3 aliphatic heterocycles. The number of benzene rings is 1. The normalized spacial score (nSPS) is 29.2. The van der Waals surface area contributed by atoms with Gasteiger partial charge in [0.15, 0.2) is 9.84 Å². The zero-order valence-corrected chi connectivity index (χ0v) is 18.2. The Hall–Kier alpha value is -2.50. The number of nitrogens with one attached hydrogen (secondary N) is 2. The van der Waals surface area contributed by atoms with Gasteiger partial charge in [0.05, 0.1) is 18.1 Å². The molecule has 10 nitrogen and oxygen atoms in total. The smallest absolute Gasteiger partial charge is 0.318 e. The number of amides is 4. The van der Waals surface area contributed by atoms with Gasteiger partial charge in [0, 0.05) is 32.2 Å². The van der Waals surface area contributed by atoms with E-state index >= 15 is 0 Å². The van der Waals surface area contributed by atoms with Crippen molar-refractivity contribution in [3.05, 3.63) is 35.9 Å².